The van der Waals surface area contributed by atoms with Crippen molar-refractivity contribution < 1.29 is 23.8 Å². The van der Waals surface area contributed by atoms with Gasteiger partial charge in [-0.15, -0.1) is 0 Å². The van der Waals surface area contributed by atoms with Crippen LogP contribution < -0.4 is 14.8 Å². The fourth-order valence-corrected chi connectivity index (χ4v) is 4.55. The Bertz CT molecular complexity index is 1200. The molecule has 0 saturated carbocycles. The van der Waals surface area contributed by atoms with Gasteiger partial charge < -0.3 is 19.5 Å². The number of rotatable bonds is 8. The third-order valence-corrected chi connectivity index (χ3v) is 6.45. The average molecular weight is 489 g/mol. The topological polar surface area (TPSA) is 77.1 Å². The number of ether oxygens (including phenoxy) is 3. The SMILES string of the molecule is CCOc1cc(C(CC(=O)OC)N2Cc3ccccc3C2NC(C)=O)ccc1OC.c1cc2ccc1-2. The summed E-state index contributed by atoms with van der Waals surface area (Å²) in [5.41, 5.74) is 5.88. The third kappa shape index (κ3) is 5.36. The van der Waals surface area contributed by atoms with Crippen LogP contribution in [0, 0.1) is 0 Å². The van der Waals surface area contributed by atoms with Gasteiger partial charge in [0.2, 0.25) is 5.91 Å². The van der Waals surface area contributed by atoms with Gasteiger partial charge >= 0.3 is 5.97 Å². The largest absolute Gasteiger partial charge is 0.493 e. The highest BCUT2D eigenvalue weighted by molar-refractivity contribution is 5.75. The number of hydrogen-bond acceptors (Lipinski definition) is 6. The van der Waals surface area contributed by atoms with Crippen molar-refractivity contribution in [2.24, 2.45) is 0 Å². The van der Waals surface area contributed by atoms with Crippen LogP contribution in [-0.4, -0.2) is 37.6 Å². The first-order valence-electron chi connectivity index (χ1n) is 12.0. The van der Waals surface area contributed by atoms with Crippen molar-refractivity contribution >= 4 is 11.9 Å². The van der Waals surface area contributed by atoms with Gasteiger partial charge in [0.25, 0.3) is 0 Å². The molecule has 188 valence electrons. The van der Waals surface area contributed by atoms with E-state index in [9.17, 15) is 9.59 Å². The van der Waals surface area contributed by atoms with Crippen LogP contribution in [-0.2, 0) is 20.9 Å². The number of fused-ring (bicyclic) bond motifs is 2. The predicted octanol–water partition coefficient (Wildman–Crippen LogP) is 5.02. The lowest BCUT2D eigenvalue weighted by molar-refractivity contribution is -0.142. The molecule has 1 N–H and O–H groups in total. The summed E-state index contributed by atoms with van der Waals surface area (Å²) in [6, 6.07) is 21.8. The lowest BCUT2D eigenvalue weighted by Gasteiger charge is -2.33. The molecule has 0 fully saturated rings. The molecule has 7 heteroatoms. The van der Waals surface area contributed by atoms with E-state index in [2.05, 4.69) is 34.5 Å². The van der Waals surface area contributed by atoms with Gasteiger partial charge in [-0.25, -0.2) is 0 Å². The first kappa shape index (κ1) is 25.3. The lowest BCUT2D eigenvalue weighted by atomic mass is 9.95. The highest BCUT2D eigenvalue weighted by atomic mass is 16.5. The van der Waals surface area contributed by atoms with Crippen LogP contribution in [0.2, 0.25) is 0 Å². The quantitative estimate of drug-likeness (QED) is 0.351. The minimum Gasteiger partial charge on any atom is -0.493 e. The summed E-state index contributed by atoms with van der Waals surface area (Å²) in [5, 5.41) is 3.03. The van der Waals surface area contributed by atoms with Crippen molar-refractivity contribution in [1.82, 2.24) is 10.2 Å². The van der Waals surface area contributed by atoms with Crippen molar-refractivity contribution in [2.75, 3.05) is 20.8 Å². The first-order valence-corrected chi connectivity index (χ1v) is 12.0. The summed E-state index contributed by atoms with van der Waals surface area (Å²) < 4.78 is 16.1. The number of nitrogens with one attached hydrogen (secondary N) is 1. The lowest BCUT2D eigenvalue weighted by Crippen LogP contribution is -2.39. The van der Waals surface area contributed by atoms with Gasteiger partial charge in [0.15, 0.2) is 11.5 Å². The Hall–Kier alpha value is -3.84. The minimum atomic E-state index is -0.342. The van der Waals surface area contributed by atoms with Gasteiger partial charge in [0.1, 0.15) is 6.17 Å². The molecule has 0 spiro atoms. The average Bonchev–Trinajstić information content (AvgIpc) is 3.22. The fourth-order valence-electron chi connectivity index (χ4n) is 4.55. The van der Waals surface area contributed by atoms with Gasteiger partial charge in [-0.2, -0.15) is 0 Å². The van der Waals surface area contributed by atoms with Crippen molar-refractivity contribution in [3.63, 3.8) is 0 Å². The zero-order valence-corrected chi connectivity index (χ0v) is 21.1. The summed E-state index contributed by atoms with van der Waals surface area (Å²) in [6.45, 7) is 4.49. The molecule has 0 bridgehead atoms. The molecule has 0 aromatic heterocycles. The number of carbonyl (C=O) groups excluding carboxylic acids is 2. The maximum Gasteiger partial charge on any atom is 0.307 e. The van der Waals surface area contributed by atoms with Crippen LogP contribution in [0.25, 0.3) is 11.1 Å². The molecular formula is C29H32N2O5. The molecule has 3 aliphatic rings. The van der Waals surface area contributed by atoms with Crippen LogP contribution >= 0.6 is 0 Å². The van der Waals surface area contributed by atoms with Gasteiger partial charge in [0.05, 0.1) is 27.2 Å². The highest BCUT2D eigenvalue weighted by Gasteiger charge is 2.37. The molecule has 5 rings (SSSR count). The number of nitrogens with zero attached hydrogens (tertiary/aromatic N) is 1. The predicted molar refractivity (Wildman–Crippen MR) is 138 cm³/mol. The highest BCUT2D eigenvalue weighted by Crippen LogP contribution is 2.42. The Balaban J connectivity index is 0.000000434. The van der Waals surface area contributed by atoms with E-state index in [1.54, 1.807) is 7.11 Å². The maximum atomic E-state index is 12.3. The van der Waals surface area contributed by atoms with E-state index < -0.39 is 0 Å². The summed E-state index contributed by atoms with van der Waals surface area (Å²) >= 11 is 0. The number of amides is 1. The monoisotopic (exact) mass is 488 g/mol. The molecule has 0 saturated heterocycles. The zero-order chi connectivity index (χ0) is 25.7. The normalized spacial score (nSPS) is 15.6. The number of methoxy groups -OCH3 is 2. The van der Waals surface area contributed by atoms with Crippen LogP contribution in [0.3, 0.4) is 0 Å². The third-order valence-electron chi connectivity index (χ3n) is 6.45. The standard InChI is InChI=1S/C23H28N2O5.C6H4/c1-5-30-21-12-16(10-11-20(21)28-3)19(13-22(27)29-4)25-14-17-8-6-7-9-18(17)23(25)24-15(2)26;1-2-6-4-3-5(1)6/h6-12,19,23H,5,13-14H2,1-4H3,(H,24,26);1-4H. The number of carbonyl (C=O) groups is 2. The number of esters is 1. The van der Waals surface area contributed by atoms with E-state index in [-0.39, 0.29) is 30.5 Å². The molecule has 2 atom stereocenters. The molecule has 1 amide bonds. The molecule has 2 aliphatic carbocycles. The van der Waals surface area contributed by atoms with Crippen LogP contribution in [0.5, 0.6) is 11.5 Å². The second-order valence-corrected chi connectivity index (χ2v) is 8.69. The van der Waals surface area contributed by atoms with E-state index in [4.69, 9.17) is 14.2 Å². The van der Waals surface area contributed by atoms with Crippen LogP contribution in [0.4, 0.5) is 0 Å². The summed E-state index contributed by atoms with van der Waals surface area (Å²) in [6.07, 6.45) is -0.204. The van der Waals surface area contributed by atoms with Crippen LogP contribution in [0.15, 0.2) is 66.7 Å². The van der Waals surface area contributed by atoms with Crippen molar-refractivity contribution in [2.45, 2.75) is 39.0 Å². The Kier molecular flexibility index (Phi) is 7.90. The van der Waals surface area contributed by atoms with Crippen molar-refractivity contribution in [1.29, 1.82) is 0 Å². The summed E-state index contributed by atoms with van der Waals surface area (Å²) in [4.78, 5) is 26.4. The smallest absolute Gasteiger partial charge is 0.307 e. The summed E-state index contributed by atoms with van der Waals surface area (Å²) in [5.74, 6) is 0.773. The molecule has 1 heterocycles. The van der Waals surface area contributed by atoms with E-state index in [1.807, 2.05) is 49.4 Å². The van der Waals surface area contributed by atoms with Gasteiger partial charge in [-0.1, -0.05) is 54.6 Å². The van der Waals surface area contributed by atoms with E-state index in [1.165, 1.54) is 25.2 Å². The Morgan fingerprint density at radius 2 is 1.69 bits per heavy atom. The molecule has 7 nitrogen and oxygen atoms in total. The molecule has 0 radical (unpaired) electrons. The molecule has 2 aromatic rings. The number of benzene rings is 3. The fraction of sp³-hybridized carbons (Fsp3) is 0.310. The van der Waals surface area contributed by atoms with Crippen molar-refractivity contribution in [3.05, 3.63) is 83.4 Å². The summed E-state index contributed by atoms with van der Waals surface area (Å²) in [7, 11) is 2.97. The maximum absolute atomic E-state index is 12.3. The molecule has 1 aliphatic heterocycles. The molecule has 2 unspecified atom stereocenters. The number of hydrogen-bond donors (Lipinski definition) is 1. The van der Waals surface area contributed by atoms with Gasteiger partial charge in [0, 0.05) is 19.5 Å². The second-order valence-electron chi connectivity index (χ2n) is 8.69. The molecular weight excluding hydrogens is 456 g/mol. The zero-order valence-electron chi connectivity index (χ0n) is 21.1. The van der Waals surface area contributed by atoms with E-state index in [0.717, 1.165) is 16.7 Å². The Morgan fingerprint density at radius 1 is 1.00 bits per heavy atom. The van der Waals surface area contributed by atoms with E-state index in [0.29, 0.717) is 24.7 Å². The Morgan fingerprint density at radius 3 is 2.25 bits per heavy atom. The second kappa shape index (κ2) is 11.3. The van der Waals surface area contributed by atoms with Crippen LogP contribution in [0.1, 0.15) is 49.2 Å². The minimum absolute atomic E-state index is 0.136. The molecule has 2 aromatic carbocycles. The van der Waals surface area contributed by atoms with Gasteiger partial charge in [-0.3, -0.25) is 14.5 Å². The Labute approximate surface area is 212 Å². The van der Waals surface area contributed by atoms with Crippen molar-refractivity contribution in [3.8, 4) is 22.6 Å². The first-order chi connectivity index (χ1) is 17.4. The van der Waals surface area contributed by atoms with Gasteiger partial charge in [-0.05, 0) is 46.9 Å². The molecule has 36 heavy (non-hydrogen) atoms. The van der Waals surface area contributed by atoms with E-state index >= 15 is 0 Å².